The molecule has 0 spiro atoms. The van der Waals surface area contributed by atoms with E-state index in [-0.39, 0.29) is 35.8 Å². The molecule has 1 N–H and O–H groups in total. The van der Waals surface area contributed by atoms with E-state index in [2.05, 4.69) is 39.5 Å². The Bertz CT molecular complexity index is 901. The summed E-state index contributed by atoms with van der Waals surface area (Å²) in [6, 6.07) is 16.9. The lowest BCUT2D eigenvalue weighted by molar-refractivity contribution is 0.372. The van der Waals surface area contributed by atoms with E-state index in [1.54, 1.807) is 31.3 Å². The number of rotatable bonds is 5. The summed E-state index contributed by atoms with van der Waals surface area (Å²) in [5.74, 6) is 0.816. The molecule has 2 aromatic rings. The highest BCUT2D eigenvalue weighted by atomic mass is 127. The van der Waals surface area contributed by atoms with Crippen molar-refractivity contribution in [1.82, 2.24) is 10.2 Å². The Morgan fingerprint density at radius 1 is 1.11 bits per heavy atom. The molecule has 0 saturated carbocycles. The Hall–Kier alpha value is -1.61. The number of fused-ring (bicyclic) bond motifs is 1. The van der Waals surface area contributed by atoms with E-state index in [0.717, 1.165) is 25.5 Å². The highest BCUT2D eigenvalue weighted by Gasteiger charge is 2.24. The number of hydrogen-bond acceptors (Lipinski definition) is 3. The number of nitrogens with one attached hydrogen (secondary N) is 1. The molecule has 0 amide bonds. The molecular formula is C21H28IN3O2S. The SMILES string of the molecule is CCC(CS(=O)(=O)c1ccccc1)NC(=NC)N1CCc2ccccc2C1.I. The van der Waals surface area contributed by atoms with Gasteiger partial charge in [-0.2, -0.15) is 0 Å². The average molecular weight is 513 g/mol. The van der Waals surface area contributed by atoms with E-state index in [0.29, 0.717) is 11.3 Å². The predicted molar refractivity (Wildman–Crippen MR) is 125 cm³/mol. The minimum absolute atomic E-state index is 0. The van der Waals surface area contributed by atoms with Gasteiger partial charge in [0, 0.05) is 26.2 Å². The summed E-state index contributed by atoms with van der Waals surface area (Å²) >= 11 is 0. The highest BCUT2D eigenvalue weighted by molar-refractivity contribution is 14.0. The summed E-state index contributed by atoms with van der Waals surface area (Å²) in [4.78, 5) is 6.97. The molecule has 0 aromatic heterocycles. The Morgan fingerprint density at radius 3 is 2.39 bits per heavy atom. The van der Waals surface area contributed by atoms with Crippen molar-refractivity contribution in [2.45, 2.75) is 37.2 Å². The third-order valence-electron chi connectivity index (χ3n) is 4.99. The molecule has 7 heteroatoms. The summed E-state index contributed by atoms with van der Waals surface area (Å²) in [6.45, 7) is 3.66. The molecule has 0 aliphatic carbocycles. The second-order valence-electron chi connectivity index (χ2n) is 6.83. The van der Waals surface area contributed by atoms with Crippen LogP contribution in [0.15, 0.2) is 64.5 Å². The van der Waals surface area contributed by atoms with Gasteiger partial charge in [-0.3, -0.25) is 4.99 Å². The molecule has 0 saturated heterocycles. The number of aliphatic imine (C=N–C) groups is 1. The molecule has 0 bridgehead atoms. The van der Waals surface area contributed by atoms with Crippen LogP contribution in [0, 0.1) is 0 Å². The van der Waals surface area contributed by atoms with Crippen LogP contribution >= 0.6 is 24.0 Å². The Labute approximate surface area is 185 Å². The van der Waals surface area contributed by atoms with E-state index >= 15 is 0 Å². The van der Waals surface area contributed by atoms with Crippen molar-refractivity contribution in [3.8, 4) is 0 Å². The lowest BCUT2D eigenvalue weighted by Crippen LogP contribution is -2.49. The minimum Gasteiger partial charge on any atom is -0.352 e. The molecule has 1 aliphatic heterocycles. The highest BCUT2D eigenvalue weighted by Crippen LogP contribution is 2.19. The first-order valence-corrected chi connectivity index (χ1v) is 11.0. The fourth-order valence-corrected chi connectivity index (χ4v) is 5.02. The summed E-state index contributed by atoms with van der Waals surface area (Å²) in [5.41, 5.74) is 2.68. The zero-order valence-electron chi connectivity index (χ0n) is 16.3. The van der Waals surface area contributed by atoms with Crippen molar-refractivity contribution in [3.05, 3.63) is 65.7 Å². The molecule has 1 aliphatic rings. The van der Waals surface area contributed by atoms with Crippen LogP contribution in [0.4, 0.5) is 0 Å². The third-order valence-corrected chi connectivity index (χ3v) is 6.82. The average Bonchev–Trinajstić information content (AvgIpc) is 2.71. The number of guanidine groups is 1. The molecular weight excluding hydrogens is 485 g/mol. The van der Waals surface area contributed by atoms with Crippen LogP contribution in [0.2, 0.25) is 0 Å². The molecule has 5 nitrogen and oxygen atoms in total. The molecule has 28 heavy (non-hydrogen) atoms. The van der Waals surface area contributed by atoms with Gasteiger partial charge in [0.25, 0.3) is 0 Å². The van der Waals surface area contributed by atoms with Gasteiger partial charge in [0.15, 0.2) is 15.8 Å². The number of hydrogen-bond donors (Lipinski definition) is 1. The summed E-state index contributed by atoms with van der Waals surface area (Å²) in [5, 5.41) is 3.38. The fourth-order valence-electron chi connectivity index (χ4n) is 3.41. The van der Waals surface area contributed by atoms with Crippen LogP contribution in [0.5, 0.6) is 0 Å². The molecule has 3 rings (SSSR count). The van der Waals surface area contributed by atoms with Gasteiger partial charge in [0.1, 0.15) is 0 Å². The second-order valence-corrected chi connectivity index (χ2v) is 8.87. The van der Waals surface area contributed by atoms with Gasteiger partial charge >= 0.3 is 0 Å². The Balaban J connectivity index is 0.00000280. The molecule has 2 aromatic carbocycles. The van der Waals surface area contributed by atoms with Gasteiger partial charge in [-0.25, -0.2) is 8.42 Å². The molecule has 1 atom stereocenters. The zero-order valence-corrected chi connectivity index (χ0v) is 19.5. The maximum absolute atomic E-state index is 12.7. The van der Waals surface area contributed by atoms with E-state index in [9.17, 15) is 8.42 Å². The van der Waals surface area contributed by atoms with Crippen LogP contribution in [0.1, 0.15) is 24.5 Å². The monoisotopic (exact) mass is 513 g/mol. The summed E-state index contributed by atoms with van der Waals surface area (Å²) < 4.78 is 25.4. The van der Waals surface area contributed by atoms with Crippen LogP contribution in [-0.2, 0) is 22.8 Å². The molecule has 0 fully saturated rings. The van der Waals surface area contributed by atoms with Crippen molar-refractivity contribution >= 4 is 39.8 Å². The van der Waals surface area contributed by atoms with Crippen molar-refractivity contribution in [3.63, 3.8) is 0 Å². The maximum Gasteiger partial charge on any atom is 0.194 e. The molecule has 0 radical (unpaired) electrons. The maximum atomic E-state index is 12.7. The quantitative estimate of drug-likeness (QED) is 0.378. The van der Waals surface area contributed by atoms with Gasteiger partial charge in [-0.15, -0.1) is 24.0 Å². The Kier molecular flexibility index (Phi) is 8.30. The Morgan fingerprint density at radius 2 is 1.75 bits per heavy atom. The van der Waals surface area contributed by atoms with Crippen molar-refractivity contribution in [1.29, 1.82) is 0 Å². The van der Waals surface area contributed by atoms with Crippen molar-refractivity contribution in [2.24, 2.45) is 4.99 Å². The van der Waals surface area contributed by atoms with Gasteiger partial charge in [-0.1, -0.05) is 49.4 Å². The lowest BCUT2D eigenvalue weighted by Gasteiger charge is -2.33. The van der Waals surface area contributed by atoms with Crippen LogP contribution in [0.25, 0.3) is 0 Å². The van der Waals surface area contributed by atoms with Crippen LogP contribution in [-0.4, -0.2) is 44.7 Å². The second kappa shape index (κ2) is 10.2. The fraction of sp³-hybridized carbons (Fsp3) is 0.381. The third kappa shape index (κ3) is 5.47. The van der Waals surface area contributed by atoms with E-state index < -0.39 is 9.84 Å². The van der Waals surface area contributed by atoms with Gasteiger partial charge < -0.3 is 10.2 Å². The van der Waals surface area contributed by atoms with Gasteiger partial charge in [0.2, 0.25) is 0 Å². The minimum atomic E-state index is -3.34. The first-order valence-electron chi connectivity index (χ1n) is 9.36. The smallest absolute Gasteiger partial charge is 0.194 e. The van der Waals surface area contributed by atoms with Crippen molar-refractivity contribution < 1.29 is 8.42 Å². The van der Waals surface area contributed by atoms with Gasteiger partial charge in [0.05, 0.1) is 10.6 Å². The lowest BCUT2D eigenvalue weighted by atomic mass is 10.0. The number of nitrogens with zero attached hydrogens (tertiary/aromatic N) is 2. The molecule has 1 heterocycles. The van der Waals surface area contributed by atoms with E-state index in [4.69, 9.17) is 0 Å². The topological polar surface area (TPSA) is 61.8 Å². The summed E-state index contributed by atoms with van der Waals surface area (Å²) in [6.07, 6.45) is 1.67. The normalized spacial score (nSPS) is 15.4. The molecule has 1 unspecified atom stereocenters. The van der Waals surface area contributed by atoms with Crippen molar-refractivity contribution in [2.75, 3.05) is 19.3 Å². The first kappa shape index (κ1) is 22.7. The number of benzene rings is 2. The van der Waals surface area contributed by atoms with Crippen LogP contribution in [0.3, 0.4) is 0 Å². The summed E-state index contributed by atoms with van der Waals surface area (Å²) in [7, 11) is -1.59. The predicted octanol–water partition coefficient (Wildman–Crippen LogP) is 3.49. The first-order chi connectivity index (χ1) is 13.0. The van der Waals surface area contributed by atoms with Gasteiger partial charge in [-0.05, 0) is 36.1 Å². The number of sulfone groups is 1. The standard InChI is InChI=1S/C21H27N3O2S.HI/c1-3-19(16-27(25,26)20-11-5-4-6-12-20)23-21(22-2)24-14-13-17-9-7-8-10-18(17)15-24;/h4-12,19H,3,13-16H2,1-2H3,(H,22,23);1H. The zero-order chi connectivity index (χ0) is 19.3. The van der Waals surface area contributed by atoms with Crippen LogP contribution < -0.4 is 5.32 Å². The number of halogens is 1. The van der Waals surface area contributed by atoms with E-state index in [1.165, 1.54) is 11.1 Å². The largest absolute Gasteiger partial charge is 0.352 e. The molecule has 152 valence electrons. The van der Waals surface area contributed by atoms with E-state index in [1.807, 2.05) is 13.0 Å².